The minimum absolute atomic E-state index is 0.118. The second-order valence-corrected chi connectivity index (χ2v) is 10.3. The Morgan fingerprint density at radius 3 is 2.53 bits per heavy atom. The molecule has 5 rings (SSSR count). The van der Waals surface area contributed by atoms with Crippen LogP contribution in [0, 0.1) is 6.92 Å². The number of anilines is 4. The highest BCUT2D eigenvalue weighted by Gasteiger charge is 2.32. The molecule has 0 aromatic carbocycles. The van der Waals surface area contributed by atoms with Crippen molar-refractivity contribution < 1.29 is 28.2 Å². The lowest BCUT2D eigenvalue weighted by Gasteiger charge is -2.36. The fourth-order valence-electron chi connectivity index (χ4n) is 4.70. The summed E-state index contributed by atoms with van der Waals surface area (Å²) in [5.41, 5.74) is 0.982. The molecule has 5 heterocycles. The molecule has 3 aromatic heterocycles. The number of rotatable bonds is 6. The van der Waals surface area contributed by atoms with E-state index in [4.69, 9.17) is 9.97 Å². The van der Waals surface area contributed by atoms with Crippen molar-refractivity contribution in [1.29, 1.82) is 0 Å². The number of halogens is 3. The first-order valence-corrected chi connectivity index (χ1v) is 13.0. The number of thiazole rings is 1. The van der Waals surface area contributed by atoms with Gasteiger partial charge in [-0.25, -0.2) is 9.78 Å². The van der Waals surface area contributed by atoms with E-state index in [2.05, 4.69) is 20.2 Å². The maximum atomic E-state index is 13.0. The van der Waals surface area contributed by atoms with E-state index in [-0.39, 0.29) is 16.9 Å². The molecule has 0 radical (unpaired) electrons. The van der Waals surface area contributed by atoms with Gasteiger partial charge < -0.3 is 20.0 Å². The van der Waals surface area contributed by atoms with Crippen molar-refractivity contribution in [3.63, 3.8) is 0 Å². The predicted molar refractivity (Wildman–Crippen MR) is 135 cm³/mol. The second kappa shape index (κ2) is 10.3. The third kappa shape index (κ3) is 5.50. The van der Waals surface area contributed by atoms with Crippen molar-refractivity contribution in [2.24, 2.45) is 0 Å². The normalized spacial score (nSPS) is 16.4. The average molecular weight is 550 g/mol. The molecular weight excluding hydrogens is 523 g/mol. The van der Waals surface area contributed by atoms with Crippen LogP contribution in [0.5, 0.6) is 0 Å². The van der Waals surface area contributed by atoms with E-state index in [1.165, 1.54) is 12.3 Å². The molecule has 0 amide bonds. The molecule has 0 unspecified atom stereocenters. The minimum atomic E-state index is -4.50. The van der Waals surface area contributed by atoms with Gasteiger partial charge in [-0.3, -0.25) is 10.3 Å². The molecule has 0 bridgehead atoms. The van der Waals surface area contributed by atoms with E-state index >= 15 is 0 Å². The van der Waals surface area contributed by atoms with Crippen molar-refractivity contribution in [2.75, 3.05) is 34.8 Å². The highest BCUT2D eigenvalue weighted by molar-refractivity contribution is 7.17. The Morgan fingerprint density at radius 2 is 1.89 bits per heavy atom. The van der Waals surface area contributed by atoms with E-state index in [1.807, 2.05) is 4.90 Å². The Morgan fingerprint density at radius 1 is 1.16 bits per heavy atom. The van der Waals surface area contributed by atoms with E-state index in [9.17, 15) is 28.2 Å². The third-order valence-corrected chi connectivity index (χ3v) is 7.64. The smallest absolute Gasteiger partial charge is 0.433 e. The summed E-state index contributed by atoms with van der Waals surface area (Å²) < 4.78 is 38.9. The van der Waals surface area contributed by atoms with E-state index in [0.717, 1.165) is 41.6 Å². The molecule has 0 saturated carbocycles. The van der Waals surface area contributed by atoms with Crippen molar-refractivity contribution in [3.8, 4) is 0 Å². The number of aliphatic hydroxyl groups is 1. The summed E-state index contributed by atoms with van der Waals surface area (Å²) in [7, 11) is 0. The summed E-state index contributed by atoms with van der Waals surface area (Å²) >= 11 is 0.986. The van der Waals surface area contributed by atoms with Gasteiger partial charge in [0.2, 0.25) is 5.95 Å². The number of nitrogens with one attached hydrogen (secondary N) is 1. The monoisotopic (exact) mass is 549 g/mol. The SMILES string of the molecule is Cc1nc(Nc2nc(N3CCC(O)CC3)c3c(n2)N(Cc2ccc(C(F)(F)F)nc2)CCC3)sc1C(=O)O. The largest absolute Gasteiger partial charge is 0.477 e. The van der Waals surface area contributed by atoms with Gasteiger partial charge in [-0.1, -0.05) is 17.4 Å². The van der Waals surface area contributed by atoms with Gasteiger partial charge in [-0.05, 0) is 44.2 Å². The van der Waals surface area contributed by atoms with Crippen LogP contribution in [0.3, 0.4) is 0 Å². The van der Waals surface area contributed by atoms with Gasteiger partial charge in [0.25, 0.3) is 0 Å². The maximum Gasteiger partial charge on any atom is 0.433 e. The number of aliphatic hydroxyl groups excluding tert-OH is 1. The molecular formula is C24H26F3N7O3S. The number of aromatic carboxylic acids is 1. The van der Waals surface area contributed by atoms with Gasteiger partial charge in [-0.2, -0.15) is 23.1 Å². The average Bonchev–Trinajstić information content (AvgIpc) is 3.24. The highest BCUT2D eigenvalue weighted by Crippen LogP contribution is 2.36. The number of alkyl halides is 3. The molecule has 2 aliphatic rings. The Bertz CT molecular complexity index is 1330. The topological polar surface area (TPSA) is 128 Å². The zero-order valence-electron chi connectivity index (χ0n) is 20.5. The van der Waals surface area contributed by atoms with Gasteiger partial charge in [-0.15, -0.1) is 0 Å². The van der Waals surface area contributed by atoms with E-state index < -0.39 is 17.8 Å². The number of hydrogen-bond donors (Lipinski definition) is 3. The molecule has 14 heteroatoms. The number of nitrogens with zero attached hydrogens (tertiary/aromatic N) is 6. The van der Waals surface area contributed by atoms with E-state index in [0.29, 0.717) is 61.2 Å². The number of pyridine rings is 1. The van der Waals surface area contributed by atoms with Gasteiger partial charge in [0, 0.05) is 37.9 Å². The van der Waals surface area contributed by atoms with Crippen molar-refractivity contribution >= 4 is 40.0 Å². The van der Waals surface area contributed by atoms with Crippen LogP contribution in [-0.4, -0.2) is 61.9 Å². The number of piperidine rings is 1. The zero-order chi connectivity index (χ0) is 27.0. The third-order valence-electron chi connectivity index (χ3n) is 6.58. The van der Waals surface area contributed by atoms with Crippen LogP contribution in [0.25, 0.3) is 0 Å². The van der Waals surface area contributed by atoms with E-state index in [1.54, 1.807) is 6.92 Å². The molecule has 10 nitrogen and oxygen atoms in total. The number of hydrogen-bond acceptors (Lipinski definition) is 10. The number of aromatic nitrogens is 4. The van der Waals surface area contributed by atoms with Crippen LogP contribution in [0.2, 0.25) is 0 Å². The first kappa shape index (κ1) is 26.1. The lowest BCUT2D eigenvalue weighted by atomic mass is 10.0. The number of carboxylic acid groups (broad SMARTS) is 1. The van der Waals surface area contributed by atoms with Crippen LogP contribution in [0.1, 0.15) is 51.4 Å². The Balaban J connectivity index is 1.49. The molecule has 1 fully saturated rings. The van der Waals surface area contributed by atoms with Crippen molar-refractivity contribution in [1.82, 2.24) is 19.9 Å². The predicted octanol–water partition coefficient (Wildman–Crippen LogP) is 4.01. The summed E-state index contributed by atoms with van der Waals surface area (Å²) in [4.78, 5) is 33.1. The molecule has 38 heavy (non-hydrogen) atoms. The lowest BCUT2D eigenvalue weighted by molar-refractivity contribution is -0.141. The lowest BCUT2D eigenvalue weighted by Crippen LogP contribution is -2.38. The van der Waals surface area contributed by atoms with Gasteiger partial charge in [0.15, 0.2) is 5.13 Å². The van der Waals surface area contributed by atoms with Gasteiger partial charge >= 0.3 is 12.1 Å². The Kier molecular flexibility index (Phi) is 7.09. The summed E-state index contributed by atoms with van der Waals surface area (Å²) in [6.07, 6.45) is -0.879. The molecule has 202 valence electrons. The summed E-state index contributed by atoms with van der Waals surface area (Å²) in [6.45, 7) is 3.80. The fourth-order valence-corrected chi connectivity index (χ4v) is 5.50. The summed E-state index contributed by atoms with van der Waals surface area (Å²) in [5.74, 6) is 0.559. The Hall–Kier alpha value is -3.52. The molecule has 3 aromatic rings. The highest BCUT2D eigenvalue weighted by atomic mass is 32.1. The fraction of sp³-hybridized carbons (Fsp3) is 0.458. The van der Waals surface area contributed by atoms with Gasteiger partial charge in [0.05, 0.1) is 11.8 Å². The summed E-state index contributed by atoms with van der Waals surface area (Å²) in [6, 6.07) is 2.39. The second-order valence-electron chi connectivity index (χ2n) is 9.33. The molecule has 0 spiro atoms. The molecule has 0 atom stereocenters. The first-order chi connectivity index (χ1) is 18.1. The van der Waals surface area contributed by atoms with Crippen LogP contribution in [0.4, 0.5) is 35.9 Å². The van der Waals surface area contributed by atoms with Crippen molar-refractivity contribution in [2.45, 2.75) is 51.4 Å². The Labute approximate surface area is 220 Å². The van der Waals surface area contributed by atoms with Crippen LogP contribution in [0.15, 0.2) is 18.3 Å². The maximum absolute atomic E-state index is 13.0. The minimum Gasteiger partial charge on any atom is -0.477 e. The molecule has 1 saturated heterocycles. The van der Waals surface area contributed by atoms with Crippen LogP contribution in [-0.2, 0) is 19.1 Å². The quantitative estimate of drug-likeness (QED) is 0.415. The number of carbonyl (C=O) groups is 1. The number of carboxylic acids is 1. The first-order valence-electron chi connectivity index (χ1n) is 12.2. The van der Waals surface area contributed by atoms with Crippen molar-refractivity contribution in [3.05, 3.63) is 45.7 Å². The standard InChI is InChI=1S/C24H26F3N7O3S/c1-13-18(21(36)37)38-23(29-13)32-22-30-19(33-9-6-15(35)7-10-33)16-3-2-8-34(20(16)31-22)12-14-4-5-17(28-11-14)24(25,26)27/h4-5,11,15,35H,2-3,6-10,12H2,1H3,(H,36,37)(H,29,30,31,32). The number of fused-ring (bicyclic) bond motifs is 1. The zero-order valence-corrected chi connectivity index (χ0v) is 21.3. The molecule has 0 aliphatic carbocycles. The van der Waals surface area contributed by atoms with Gasteiger partial charge in [0.1, 0.15) is 22.2 Å². The molecule has 3 N–H and O–H groups in total. The van der Waals surface area contributed by atoms with Crippen LogP contribution >= 0.6 is 11.3 Å². The number of aryl methyl sites for hydroxylation is 1. The molecule has 2 aliphatic heterocycles. The van der Waals surface area contributed by atoms with Crippen LogP contribution < -0.4 is 15.1 Å². The summed E-state index contributed by atoms with van der Waals surface area (Å²) in [5, 5.41) is 22.8.